The lowest BCUT2D eigenvalue weighted by Gasteiger charge is -2.50. The molecule has 3 atom stereocenters. The maximum absolute atomic E-state index is 3.88. The van der Waals surface area contributed by atoms with E-state index in [0.29, 0.717) is 11.6 Å². The van der Waals surface area contributed by atoms with E-state index in [2.05, 4.69) is 44.2 Å². The molecule has 3 unspecified atom stereocenters. The lowest BCUT2D eigenvalue weighted by molar-refractivity contribution is 0.0229. The zero-order valence-electron chi connectivity index (χ0n) is 13.4. The molecule has 0 aromatic rings. The van der Waals surface area contributed by atoms with Crippen LogP contribution in [0.3, 0.4) is 0 Å². The molecule has 0 aromatic carbocycles. The summed E-state index contributed by atoms with van der Waals surface area (Å²) in [5.41, 5.74) is 0.374. The van der Waals surface area contributed by atoms with Gasteiger partial charge in [-0.1, -0.05) is 13.8 Å². The molecule has 1 heterocycles. The van der Waals surface area contributed by atoms with Crippen LogP contribution in [0.5, 0.6) is 0 Å². The van der Waals surface area contributed by atoms with Crippen molar-refractivity contribution in [1.29, 1.82) is 0 Å². The van der Waals surface area contributed by atoms with Crippen LogP contribution in [-0.4, -0.2) is 47.6 Å². The highest BCUT2D eigenvalue weighted by Gasteiger charge is 2.47. The number of hydrogen-bond acceptors (Lipinski definition) is 3. The highest BCUT2D eigenvalue weighted by molar-refractivity contribution is 7.98. The molecule has 0 aromatic heterocycles. The molecule has 0 radical (unpaired) electrons. The van der Waals surface area contributed by atoms with Crippen molar-refractivity contribution in [2.24, 2.45) is 11.8 Å². The van der Waals surface area contributed by atoms with Crippen molar-refractivity contribution in [3.8, 4) is 0 Å². The van der Waals surface area contributed by atoms with E-state index < -0.39 is 0 Å². The fourth-order valence-corrected chi connectivity index (χ4v) is 4.13. The van der Waals surface area contributed by atoms with Gasteiger partial charge in [0.25, 0.3) is 0 Å². The van der Waals surface area contributed by atoms with E-state index in [1.165, 1.54) is 38.1 Å². The Kier molecular flexibility index (Phi) is 5.24. The Balaban J connectivity index is 2.03. The minimum absolute atomic E-state index is 0.374. The summed E-state index contributed by atoms with van der Waals surface area (Å²) < 4.78 is 0. The van der Waals surface area contributed by atoms with E-state index >= 15 is 0 Å². The summed E-state index contributed by atoms with van der Waals surface area (Å²) in [4.78, 5) is 2.82. The number of hydrogen-bond donors (Lipinski definition) is 1. The Morgan fingerprint density at radius 1 is 1.32 bits per heavy atom. The van der Waals surface area contributed by atoms with Gasteiger partial charge in [-0.05, 0) is 57.0 Å². The van der Waals surface area contributed by atoms with Crippen LogP contribution in [0.15, 0.2) is 0 Å². The first-order valence-corrected chi connectivity index (χ1v) is 9.37. The van der Waals surface area contributed by atoms with Crippen molar-refractivity contribution in [3.05, 3.63) is 0 Å². The van der Waals surface area contributed by atoms with Gasteiger partial charge in [0.2, 0.25) is 0 Å². The third-order valence-electron chi connectivity index (χ3n) is 5.21. The molecule has 2 fully saturated rings. The lowest BCUT2D eigenvalue weighted by Crippen LogP contribution is -2.66. The van der Waals surface area contributed by atoms with Crippen LogP contribution < -0.4 is 5.32 Å². The van der Waals surface area contributed by atoms with Crippen molar-refractivity contribution < 1.29 is 0 Å². The molecule has 1 saturated carbocycles. The van der Waals surface area contributed by atoms with Crippen LogP contribution in [-0.2, 0) is 0 Å². The smallest absolute Gasteiger partial charge is 0.0309 e. The summed E-state index contributed by atoms with van der Waals surface area (Å²) in [6, 6.07) is 1.43. The topological polar surface area (TPSA) is 15.3 Å². The number of rotatable bonds is 6. The van der Waals surface area contributed by atoms with Crippen LogP contribution in [0.4, 0.5) is 0 Å². The molecule has 2 nitrogen and oxygen atoms in total. The summed E-state index contributed by atoms with van der Waals surface area (Å²) >= 11 is 1.98. The summed E-state index contributed by atoms with van der Waals surface area (Å²) in [7, 11) is 0. The van der Waals surface area contributed by atoms with Gasteiger partial charge in [0.05, 0.1) is 0 Å². The van der Waals surface area contributed by atoms with E-state index in [9.17, 15) is 0 Å². The van der Waals surface area contributed by atoms with Crippen LogP contribution in [0.1, 0.15) is 47.0 Å². The van der Waals surface area contributed by atoms with Gasteiger partial charge >= 0.3 is 0 Å². The van der Waals surface area contributed by atoms with Crippen molar-refractivity contribution in [2.45, 2.75) is 64.6 Å². The standard InChI is InChI=1S/C16H32N2S/c1-12(2)15-10-17-16(4,14-6-7-14)11-18(15)13(3)8-9-19-5/h12-15,17H,6-11H2,1-5H3. The van der Waals surface area contributed by atoms with Crippen molar-refractivity contribution in [2.75, 3.05) is 25.1 Å². The second-order valence-electron chi connectivity index (χ2n) is 7.19. The molecule has 19 heavy (non-hydrogen) atoms. The number of thioether (sulfide) groups is 1. The Morgan fingerprint density at radius 3 is 2.53 bits per heavy atom. The first-order valence-electron chi connectivity index (χ1n) is 7.97. The van der Waals surface area contributed by atoms with Crippen molar-refractivity contribution in [1.82, 2.24) is 10.2 Å². The van der Waals surface area contributed by atoms with E-state index in [4.69, 9.17) is 0 Å². The fourth-order valence-electron chi connectivity index (χ4n) is 3.56. The molecule has 112 valence electrons. The van der Waals surface area contributed by atoms with Gasteiger partial charge in [-0.15, -0.1) is 0 Å². The molecule has 1 N–H and O–H groups in total. The SMILES string of the molecule is CSCCC(C)N1CC(C)(C2CC2)NCC1C(C)C. The lowest BCUT2D eigenvalue weighted by atomic mass is 9.87. The summed E-state index contributed by atoms with van der Waals surface area (Å²) in [5, 5.41) is 3.88. The number of piperazine rings is 1. The van der Waals surface area contributed by atoms with Crippen LogP contribution in [0.2, 0.25) is 0 Å². The normalized spacial score (nSPS) is 34.7. The highest BCUT2D eigenvalue weighted by atomic mass is 32.2. The van der Waals surface area contributed by atoms with Gasteiger partial charge in [-0.25, -0.2) is 0 Å². The molecule has 1 aliphatic heterocycles. The van der Waals surface area contributed by atoms with Gasteiger partial charge in [-0.2, -0.15) is 11.8 Å². The average Bonchev–Trinajstić information content (AvgIpc) is 3.20. The molecule has 1 saturated heterocycles. The second kappa shape index (κ2) is 6.36. The first kappa shape index (κ1) is 15.7. The molecule has 0 amide bonds. The molecular weight excluding hydrogens is 252 g/mol. The summed E-state index contributed by atoms with van der Waals surface area (Å²) in [6.07, 6.45) is 6.41. The summed E-state index contributed by atoms with van der Waals surface area (Å²) in [5.74, 6) is 2.96. The second-order valence-corrected chi connectivity index (χ2v) is 8.17. The van der Waals surface area contributed by atoms with E-state index in [1.54, 1.807) is 0 Å². The monoisotopic (exact) mass is 284 g/mol. The van der Waals surface area contributed by atoms with Gasteiger partial charge in [0.15, 0.2) is 0 Å². The number of nitrogens with zero attached hydrogens (tertiary/aromatic N) is 1. The third-order valence-corrected chi connectivity index (χ3v) is 5.85. The highest BCUT2D eigenvalue weighted by Crippen LogP contribution is 2.42. The third kappa shape index (κ3) is 3.68. The minimum atomic E-state index is 0.374. The zero-order chi connectivity index (χ0) is 14.0. The number of nitrogens with one attached hydrogen (secondary N) is 1. The molecule has 1 aliphatic carbocycles. The molecule has 0 bridgehead atoms. The van der Waals surface area contributed by atoms with E-state index in [1.807, 2.05) is 11.8 Å². The zero-order valence-corrected chi connectivity index (χ0v) is 14.2. The quantitative estimate of drug-likeness (QED) is 0.806. The van der Waals surface area contributed by atoms with Crippen molar-refractivity contribution >= 4 is 11.8 Å². The maximum atomic E-state index is 3.88. The first-order chi connectivity index (χ1) is 8.98. The van der Waals surface area contributed by atoms with E-state index in [-0.39, 0.29) is 0 Å². The van der Waals surface area contributed by atoms with Gasteiger partial charge in [-0.3, -0.25) is 4.90 Å². The van der Waals surface area contributed by atoms with Crippen LogP contribution in [0.25, 0.3) is 0 Å². The largest absolute Gasteiger partial charge is 0.308 e. The molecule has 2 aliphatic rings. The van der Waals surface area contributed by atoms with Gasteiger partial charge < -0.3 is 5.32 Å². The Hall–Kier alpha value is 0.270. The van der Waals surface area contributed by atoms with Gasteiger partial charge in [0.1, 0.15) is 0 Å². The van der Waals surface area contributed by atoms with Gasteiger partial charge in [0, 0.05) is 30.7 Å². The van der Waals surface area contributed by atoms with Crippen LogP contribution >= 0.6 is 11.8 Å². The maximum Gasteiger partial charge on any atom is 0.0309 e. The summed E-state index contributed by atoms with van der Waals surface area (Å²) in [6.45, 7) is 12.1. The predicted molar refractivity (Wildman–Crippen MR) is 86.9 cm³/mol. The molecule has 0 spiro atoms. The Bertz CT molecular complexity index is 290. The minimum Gasteiger partial charge on any atom is -0.308 e. The average molecular weight is 285 g/mol. The fraction of sp³-hybridized carbons (Fsp3) is 1.00. The predicted octanol–water partition coefficient (Wildman–Crippen LogP) is 3.23. The molecule has 2 rings (SSSR count). The molecular formula is C16H32N2S. The Labute approximate surface area is 124 Å². The van der Waals surface area contributed by atoms with Crippen LogP contribution in [0, 0.1) is 11.8 Å². The van der Waals surface area contributed by atoms with E-state index in [0.717, 1.165) is 17.9 Å². The van der Waals surface area contributed by atoms with Crippen molar-refractivity contribution in [3.63, 3.8) is 0 Å². The molecule has 3 heteroatoms. The Morgan fingerprint density at radius 2 is 2.00 bits per heavy atom.